The number of fused-ring (bicyclic) bond motifs is 2. The van der Waals surface area contributed by atoms with Crippen molar-refractivity contribution in [1.82, 2.24) is 15.0 Å². The maximum Gasteiger partial charge on any atom is 0.284 e. The van der Waals surface area contributed by atoms with Gasteiger partial charge in [-0.1, -0.05) is 23.9 Å². The fraction of sp³-hybridized carbons (Fsp3) is 0.0556. The van der Waals surface area contributed by atoms with E-state index in [2.05, 4.69) is 15.0 Å². The van der Waals surface area contributed by atoms with E-state index < -0.39 is 4.92 Å². The molecule has 0 aliphatic heterocycles. The predicted octanol–water partition coefficient (Wildman–Crippen LogP) is 3.84. The van der Waals surface area contributed by atoms with Crippen LogP contribution in [0.4, 0.5) is 5.69 Å². The second-order valence-electron chi connectivity index (χ2n) is 5.70. The van der Waals surface area contributed by atoms with E-state index in [1.807, 2.05) is 24.3 Å². The van der Waals surface area contributed by atoms with Crippen LogP contribution in [0.2, 0.25) is 0 Å². The van der Waals surface area contributed by atoms with Crippen LogP contribution in [-0.2, 0) is 0 Å². The van der Waals surface area contributed by atoms with E-state index in [1.54, 1.807) is 25.4 Å². The number of nitrogens with one attached hydrogen (secondary N) is 1. The van der Waals surface area contributed by atoms with E-state index in [-0.39, 0.29) is 16.6 Å². The molecule has 2 heterocycles. The van der Waals surface area contributed by atoms with E-state index in [1.165, 1.54) is 17.8 Å². The smallest absolute Gasteiger partial charge is 0.284 e. The number of rotatable bonds is 3. The molecule has 0 saturated carbocycles. The summed E-state index contributed by atoms with van der Waals surface area (Å²) in [4.78, 5) is 35.4. The van der Waals surface area contributed by atoms with E-state index in [0.29, 0.717) is 16.2 Å². The molecule has 0 saturated heterocycles. The molecule has 0 radical (unpaired) electrons. The van der Waals surface area contributed by atoms with Gasteiger partial charge >= 0.3 is 0 Å². The van der Waals surface area contributed by atoms with Crippen molar-refractivity contribution in [2.24, 2.45) is 0 Å². The Labute approximate surface area is 151 Å². The third kappa shape index (κ3) is 2.80. The summed E-state index contributed by atoms with van der Waals surface area (Å²) < 4.78 is 0. The summed E-state index contributed by atoms with van der Waals surface area (Å²) in [5.74, 6) is 0.462. The van der Waals surface area contributed by atoms with E-state index in [0.717, 1.165) is 15.7 Å². The van der Waals surface area contributed by atoms with Crippen LogP contribution in [0, 0.1) is 17.0 Å². The van der Waals surface area contributed by atoms with Crippen molar-refractivity contribution in [2.75, 3.05) is 0 Å². The van der Waals surface area contributed by atoms with Crippen molar-refractivity contribution in [3.8, 4) is 0 Å². The average Bonchev–Trinajstić information content (AvgIpc) is 2.61. The van der Waals surface area contributed by atoms with Gasteiger partial charge in [-0.3, -0.25) is 19.9 Å². The van der Waals surface area contributed by atoms with Crippen LogP contribution in [0.15, 0.2) is 63.4 Å². The highest BCUT2D eigenvalue weighted by molar-refractivity contribution is 7.99. The Kier molecular flexibility index (Phi) is 3.89. The average molecular weight is 364 g/mol. The summed E-state index contributed by atoms with van der Waals surface area (Å²) in [5.41, 5.74) is -0.0747. The summed E-state index contributed by atoms with van der Waals surface area (Å²) in [6, 6.07) is 10.5. The maximum atomic E-state index is 12.1. The van der Waals surface area contributed by atoms with E-state index in [4.69, 9.17) is 0 Å². The molecule has 0 aliphatic rings. The van der Waals surface area contributed by atoms with Crippen molar-refractivity contribution >= 4 is 39.1 Å². The Morgan fingerprint density at radius 3 is 2.81 bits per heavy atom. The first-order valence-electron chi connectivity index (χ1n) is 7.72. The normalized spacial score (nSPS) is 11.1. The van der Waals surface area contributed by atoms with Gasteiger partial charge in [0.1, 0.15) is 5.82 Å². The van der Waals surface area contributed by atoms with Crippen LogP contribution < -0.4 is 5.56 Å². The molecule has 128 valence electrons. The third-order valence-corrected chi connectivity index (χ3v) is 5.08. The number of nitro benzene ring substituents is 1. The molecule has 0 bridgehead atoms. The lowest BCUT2D eigenvalue weighted by Gasteiger charge is -2.08. The Balaban J connectivity index is 1.93. The monoisotopic (exact) mass is 364 g/mol. The molecule has 0 spiro atoms. The van der Waals surface area contributed by atoms with Gasteiger partial charge in [0.15, 0.2) is 0 Å². The predicted molar refractivity (Wildman–Crippen MR) is 99.6 cm³/mol. The first-order valence-corrected chi connectivity index (χ1v) is 8.54. The summed E-state index contributed by atoms with van der Waals surface area (Å²) in [7, 11) is 0. The Morgan fingerprint density at radius 1 is 1.15 bits per heavy atom. The first-order chi connectivity index (χ1) is 12.5. The molecule has 0 atom stereocenters. The van der Waals surface area contributed by atoms with Crippen molar-refractivity contribution in [3.05, 3.63) is 75.1 Å². The fourth-order valence-corrected chi connectivity index (χ4v) is 3.88. The summed E-state index contributed by atoms with van der Waals surface area (Å²) >= 11 is 1.28. The van der Waals surface area contributed by atoms with Gasteiger partial charge in [-0.25, -0.2) is 4.98 Å². The number of pyridine rings is 1. The van der Waals surface area contributed by atoms with E-state index in [9.17, 15) is 14.9 Å². The maximum absolute atomic E-state index is 12.1. The minimum absolute atomic E-state index is 0.121. The van der Waals surface area contributed by atoms with Gasteiger partial charge in [0.25, 0.3) is 11.2 Å². The Hall–Kier alpha value is -3.26. The molecule has 26 heavy (non-hydrogen) atoms. The molecule has 4 aromatic rings. The topological polar surface area (TPSA) is 102 Å². The molecule has 2 aromatic heterocycles. The van der Waals surface area contributed by atoms with Gasteiger partial charge in [0.2, 0.25) is 0 Å². The van der Waals surface area contributed by atoms with E-state index >= 15 is 0 Å². The molecular weight excluding hydrogens is 352 g/mol. The molecule has 0 fully saturated rings. The number of aromatic amines is 1. The number of hydrogen-bond donors (Lipinski definition) is 1. The van der Waals surface area contributed by atoms with Crippen LogP contribution in [0.3, 0.4) is 0 Å². The highest BCUT2D eigenvalue weighted by atomic mass is 32.2. The lowest BCUT2D eigenvalue weighted by Crippen LogP contribution is -2.10. The molecule has 4 rings (SSSR count). The van der Waals surface area contributed by atoms with Crippen LogP contribution in [0.25, 0.3) is 21.7 Å². The lowest BCUT2D eigenvalue weighted by atomic mass is 10.2. The zero-order valence-electron chi connectivity index (χ0n) is 13.6. The van der Waals surface area contributed by atoms with Gasteiger partial charge in [-0.2, -0.15) is 0 Å². The number of nitro groups is 1. The summed E-state index contributed by atoms with van der Waals surface area (Å²) in [6.45, 7) is 1.67. The third-order valence-electron chi connectivity index (χ3n) is 3.96. The van der Waals surface area contributed by atoms with Crippen LogP contribution in [0.1, 0.15) is 5.82 Å². The van der Waals surface area contributed by atoms with Gasteiger partial charge in [-0.15, -0.1) is 0 Å². The van der Waals surface area contributed by atoms with Gasteiger partial charge < -0.3 is 4.98 Å². The van der Waals surface area contributed by atoms with Crippen molar-refractivity contribution in [3.63, 3.8) is 0 Å². The number of aryl methyl sites for hydroxylation is 1. The number of hydrogen-bond acceptors (Lipinski definition) is 6. The molecule has 7 nitrogen and oxygen atoms in total. The fourth-order valence-electron chi connectivity index (χ4n) is 2.80. The lowest BCUT2D eigenvalue weighted by molar-refractivity contribution is -0.387. The number of benzene rings is 2. The molecule has 1 N–H and O–H groups in total. The Morgan fingerprint density at radius 2 is 2.00 bits per heavy atom. The van der Waals surface area contributed by atoms with Crippen LogP contribution in [0.5, 0.6) is 0 Å². The highest BCUT2D eigenvalue weighted by Gasteiger charge is 2.19. The van der Waals surface area contributed by atoms with Gasteiger partial charge in [0.05, 0.1) is 20.7 Å². The molecule has 0 amide bonds. The number of nitrogens with zero attached hydrogens (tertiary/aromatic N) is 3. The standard InChI is InChI=1S/C18H12N4O3S/c1-10-20-14-8-17(15(22(24)25)7-13(14)18(23)21-10)26-16-4-2-3-11-9-19-6-5-12(11)16/h2-9H,1H3,(H,20,21,23). The summed E-state index contributed by atoms with van der Waals surface area (Å²) in [5, 5.41) is 13.7. The first kappa shape index (κ1) is 16.2. The SMILES string of the molecule is Cc1nc2cc(Sc3cccc4cnccc34)c([N+](=O)[O-])cc2c(=O)[nH]1. The van der Waals surface area contributed by atoms with Crippen molar-refractivity contribution in [1.29, 1.82) is 0 Å². The molecule has 2 aromatic carbocycles. The molecule has 0 aliphatic carbocycles. The molecular formula is C18H12N4O3S. The minimum atomic E-state index is -0.478. The second-order valence-corrected chi connectivity index (χ2v) is 6.78. The van der Waals surface area contributed by atoms with Crippen LogP contribution in [-0.4, -0.2) is 19.9 Å². The van der Waals surface area contributed by atoms with Crippen molar-refractivity contribution in [2.45, 2.75) is 16.7 Å². The quantitative estimate of drug-likeness (QED) is 0.438. The minimum Gasteiger partial charge on any atom is -0.310 e. The second kappa shape index (κ2) is 6.23. The highest BCUT2D eigenvalue weighted by Crippen LogP contribution is 2.39. The largest absolute Gasteiger partial charge is 0.310 e. The number of aromatic nitrogens is 3. The zero-order chi connectivity index (χ0) is 18.3. The molecule has 8 heteroatoms. The van der Waals surface area contributed by atoms with Crippen LogP contribution >= 0.6 is 11.8 Å². The number of H-pyrrole nitrogens is 1. The molecule has 0 unspecified atom stereocenters. The summed E-state index contributed by atoms with van der Waals surface area (Å²) in [6.07, 6.45) is 3.43. The van der Waals surface area contributed by atoms with Crippen molar-refractivity contribution < 1.29 is 4.92 Å². The zero-order valence-corrected chi connectivity index (χ0v) is 14.4. The van der Waals surface area contributed by atoms with Gasteiger partial charge in [-0.05, 0) is 30.5 Å². The Bertz CT molecular complexity index is 1230. The van der Waals surface area contributed by atoms with Gasteiger partial charge in [0, 0.05) is 28.7 Å².